The van der Waals surface area contributed by atoms with Crippen LogP contribution >= 0.6 is 24.0 Å². The van der Waals surface area contributed by atoms with Crippen LogP contribution in [0.3, 0.4) is 0 Å². The van der Waals surface area contributed by atoms with Crippen LogP contribution in [0.4, 0.5) is 0 Å². The molecule has 18 heavy (non-hydrogen) atoms. The van der Waals surface area contributed by atoms with E-state index in [2.05, 4.69) is 0 Å². The summed E-state index contributed by atoms with van der Waals surface area (Å²) < 4.78 is 53.6. The predicted octanol–water partition coefficient (Wildman–Crippen LogP) is 4.56. The van der Waals surface area contributed by atoms with Crippen molar-refractivity contribution >= 4 is 24.0 Å². The van der Waals surface area contributed by atoms with Gasteiger partial charge in [0.15, 0.2) is 0 Å². The zero-order valence-corrected chi connectivity index (χ0v) is 11.7. The third-order valence-corrected chi connectivity index (χ3v) is 4.05. The maximum absolute atomic E-state index is 8.20. The highest BCUT2D eigenvalue weighted by Crippen LogP contribution is 2.47. The van der Waals surface area contributed by atoms with Crippen molar-refractivity contribution in [3.05, 3.63) is 34.9 Å². The summed E-state index contributed by atoms with van der Waals surface area (Å²) in [6.45, 7) is -5.89. The minimum absolute atomic E-state index is 0. The zero-order chi connectivity index (χ0) is 18.4. The molecule has 2 rings (SSSR count). The maximum Gasteiger partial charge on any atom is 0.0406 e. The first-order valence-corrected chi connectivity index (χ1v) is 6.23. The fourth-order valence-corrected chi connectivity index (χ4v) is 2.75. The van der Waals surface area contributed by atoms with Gasteiger partial charge >= 0.3 is 0 Å². The van der Waals surface area contributed by atoms with E-state index in [4.69, 9.17) is 26.9 Å². The van der Waals surface area contributed by atoms with Crippen molar-refractivity contribution in [2.24, 2.45) is 11.6 Å². The lowest BCUT2D eigenvalue weighted by Crippen LogP contribution is -2.50. The molecule has 102 valence electrons. The van der Waals surface area contributed by atoms with Crippen molar-refractivity contribution in [1.29, 1.82) is 0 Å². The van der Waals surface area contributed by atoms with Gasteiger partial charge in [0.25, 0.3) is 0 Å². The van der Waals surface area contributed by atoms with Gasteiger partial charge in [0, 0.05) is 26.1 Å². The van der Waals surface area contributed by atoms with Crippen LogP contribution in [0.1, 0.15) is 54.5 Å². The lowest BCUT2D eigenvalue weighted by Gasteiger charge is -2.47. The average molecular weight is 295 g/mol. The molecule has 0 aromatic heterocycles. The molecule has 0 saturated heterocycles. The van der Waals surface area contributed by atoms with Crippen molar-refractivity contribution in [3.8, 4) is 0 Å². The van der Waals surface area contributed by atoms with Crippen LogP contribution in [-0.2, 0) is 5.41 Å². The number of benzene rings is 1. The molecule has 1 aliphatic rings. The highest BCUT2D eigenvalue weighted by Gasteiger charge is 2.43. The molecule has 0 bridgehead atoms. The molecule has 1 nitrogen and oxygen atoms in total. The predicted molar refractivity (Wildman–Crippen MR) is 81.7 cm³/mol. The molecular formula is C15H23Cl2N. The second-order valence-electron chi connectivity index (χ2n) is 4.81. The Kier molecular flexibility index (Phi) is 2.84. The number of halogens is 2. The van der Waals surface area contributed by atoms with Gasteiger partial charge in [-0.3, -0.25) is 0 Å². The van der Waals surface area contributed by atoms with E-state index in [-0.39, 0.29) is 12.4 Å². The first-order chi connectivity index (χ1) is 10.8. The minimum atomic E-state index is -2.94. The molecular weight excluding hydrogens is 265 g/mol. The Morgan fingerprint density at radius 3 is 2.44 bits per heavy atom. The largest absolute Gasteiger partial charge is 0.327 e. The van der Waals surface area contributed by atoms with E-state index in [0.29, 0.717) is 5.02 Å². The molecule has 0 spiro atoms. The third-order valence-electron chi connectivity index (χ3n) is 3.80. The van der Waals surface area contributed by atoms with Crippen LogP contribution in [0.15, 0.2) is 24.3 Å². The average Bonchev–Trinajstić information content (AvgIpc) is 2.37. The first kappa shape index (κ1) is 8.14. The van der Waals surface area contributed by atoms with Gasteiger partial charge in [-0.2, -0.15) is 0 Å². The summed E-state index contributed by atoms with van der Waals surface area (Å²) in [5.41, 5.74) is 6.74. The van der Waals surface area contributed by atoms with E-state index in [1.165, 1.54) is 0 Å². The summed E-state index contributed by atoms with van der Waals surface area (Å²) in [4.78, 5) is 0. The molecule has 1 saturated carbocycles. The molecule has 3 heteroatoms. The number of rotatable bonds is 4. The Bertz CT molecular complexity index is 565. The fourth-order valence-electron chi connectivity index (χ4n) is 2.63. The lowest BCUT2D eigenvalue weighted by atomic mass is 9.59. The van der Waals surface area contributed by atoms with E-state index in [1.807, 2.05) is 12.1 Å². The van der Waals surface area contributed by atoms with E-state index in [9.17, 15) is 0 Å². The topological polar surface area (TPSA) is 26.0 Å². The molecule has 1 atom stereocenters. The molecule has 1 aromatic rings. The highest BCUT2D eigenvalue weighted by atomic mass is 35.5. The van der Waals surface area contributed by atoms with Gasteiger partial charge in [0.2, 0.25) is 0 Å². The van der Waals surface area contributed by atoms with Gasteiger partial charge < -0.3 is 5.73 Å². The minimum Gasteiger partial charge on any atom is -0.327 e. The molecule has 0 heterocycles. The van der Waals surface area contributed by atoms with E-state index in [0.717, 1.165) is 24.8 Å². The van der Waals surface area contributed by atoms with Crippen LogP contribution in [0.5, 0.6) is 0 Å². The summed E-state index contributed by atoms with van der Waals surface area (Å²) in [5.74, 6) is -2.59. The van der Waals surface area contributed by atoms with Crippen molar-refractivity contribution in [2.45, 2.75) is 50.8 Å². The van der Waals surface area contributed by atoms with Crippen molar-refractivity contribution in [1.82, 2.24) is 0 Å². The van der Waals surface area contributed by atoms with Gasteiger partial charge in [0.1, 0.15) is 0 Å². The van der Waals surface area contributed by atoms with E-state index in [1.54, 1.807) is 12.1 Å². The Labute approximate surface area is 131 Å². The van der Waals surface area contributed by atoms with Crippen molar-refractivity contribution < 1.29 is 9.60 Å². The molecule has 1 aliphatic carbocycles. The second-order valence-corrected chi connectivity index (χ2v) is 5.24. The second kappa shape index (κ2) is 6.27. The van der Waals surface area contributed by atoms with Gasteiger partial charge in [-0.1, -0.05) is 43.9 Å². The van der Waals surface area contributed by atoms with E-state index < -0.39 is 37.5 Å². The lowest BCUT2D eigenvalue weighted by molar-refractivity contribution is 0.178. The summed E-state index contributed by atoms with van der Waals surface area (Å²) in [6, 6.07) is 6.44. The highest BCUT2D eigenvalue weighted by molar-refractivity contribution is 6.30. The summed E-state index contributed by atoms with van der Waals surface area (Å²) in [5, 5.41) is 0.585. The summed E-state index contributed by atoms with van der Waals surface area (Å²) in [7, 11) is 0. The zero-order valence-electron chi connectivity index (χ0n) is 17.1. The Hall–Kier alpha value is -0.240. The smallest absolute Gasteiger partial charge is 0.0406 e. The first-order valence-electron chi connectivity index (χ1n) is 9.35. The fraction of sp³-hybridized carbons (Fsp3) is 0.600. The molecule has 1 unspecified atom stereocenters. The number of hydrogen-bond donors (Lipinski definition) is 1. The summed E-state index contributed by atoms with van der Waals surface area (Å²) in [6.07, 6.45) is 2.01. The SMILES string of the molecule is Cl.[2H]C([2H])([2H])C([2H])(CC(N)C1(c2ccc(Cl)cc2)CCC1)C([2H])([2H])[2H]. The van der Waals surface area contributed by atoms with Crippen LogP contribution in [-0.4, -0.2) is 6.04 Å². The third kappa shape index (κ3) is 3.01. The summed E-state index contributed by atoms with van der Waals surface area (Å²) >= 11 is 5.92. The monoisotopic (exact) mass is 294 g/mol. The Balaban J connectivity index is 0.00000312. The van der Waals surface area contributed by atoms with Crippen LogP contribution in [0.25, 0.3) is 0 Å². The number of hydrogen-bond acceptors (Lipinski definition) is 1. The van der Waals surface area contributed by atoms with Gasteiger partial charge in [-0.05, 0) is 42.9 Å². The van der Waals surface area contributed by atoms with Gasteiger partial charge in [-0.25, -0.2) is 0 Å². The van der Waals surface area contributed by atoms with E-state index >= 15 is 0 Å². The van der Waals surface area contributed by atoms with Crippen LogP contribution < -0.4 is 5.73 Å². The number of nitrogens with two attached hydrogens (primary N) is 1. The van der Waals surface area contributed by atoms with Gasteiger partial charge in [0.05, 0.1) is 0 Å². The molecule has 0 amide bonds. The van der Waals surface area contributed by atoms with Crippen LogP contribution in [0, 0.1) is 5.89 Å². The van der Waals surface area contributed by atoms with Crippen molar-refractivity contribution in [2.75, 3.05) is 0 Å². The van der Waals surface area contributed by atoms with Gasteiger partial charge in [-0.15, -0.1) is 12.4 Å². The van der Waals surface area contributed by atoms with Crippen LogP contribution in [0.2, 0.25) is 5.02 Å². The normalized spacial score (nSPS) is 26.7. The molecule has 0 aliphatic heterocycles. The molecule has 0 radical (unpaired) electrons. The molecule has 2 N–H and O–H groups in total. The van der Waals surface area contributed by atoms with Crippen molar-refractivity contribution in [3.63, 3.8) is 0 Å². The Morgan fingerprint density at radius 1 is 1.39 bits per heavy atom. The standard InChI is InChI=1S/C15H22ClN.ClH/c1-11(2)10-14(17)15(8-3-9-15)12-4-6-13(16)7-5-12;/h4-7,11,14H,3,8-10,17H2,1-2H3;1H/i1D3,2D3,11D;. The molecule has 1 fully saturated rings. The maximum atomic E-state index is 8.20. The Morgan fingerprint density at radius 2 is 2.00 bits per heavy atom. The molecule has 1 aromatic carbocycles. The quantitative estimate of drug-likeness (QED) is 0.866.